The molecule has 1 aromatic rings. The number of hydroxylamine groups is 1. The van der Waals surface area contributed by atoms with Crippen LogP contribution in [0.15, 0.2) is 12.1 Å². The Balaban J connectivity index is 2.71. The third-order valence-corrected chi connectivity index (χ3v) is 2.22. The van der Waals surface area contributed by atoms with E-state index in [4.69, 9.17) is 10.6 Å². The van der Waals surface area contributed by atoms with Gasteiger partial charge in [-0.3, -0.25) is 9.63 Å². The van der Waals surface area contributed by atoms with Crippen molar-refractivity contribution in [3.63, 3.8) is 0 Å². The van der Waals surface area contributed by atoms with Crippen molar-refractivity contribution >= 4 is 5.91 Å². The minimum atomic E-state index is -0.653. The molecule has 17 heavy (non-hydrogen) atoms. The second-order valence-electron chi connectivity index (χ2n) is 3.72. The Kier molecular flexibility index (Phi) is 4.53. The minimum absolute atomic E-state index is 0.123. The maximum atomic E-state index is 13.5. The zero-order chi connectivity index (χ0) is 13.0. The lowest BCUT2D eigenvalue weighted by Gasteiger charge is -2.15. The molecule has 6 heteroatoms. The number of carbonyl (C=O) groups excluding carboxylic acids is 1. The molecule has 0 aliphatic carbocycles. The molecule has 1 unspecified atom stereocenters. The monoisotopic (exact) mass is 244 g/mol. The number of rotatable bonds is 5. The number of hydrogen-bond donors (Lipinski definition) is 2. The number of nitrogens with one attached hydrogen (secondary N) is 1. The van der Waals surface area contributed by atoms with Crippen molar-refractivity contribution in [2.75, 3.05) is 6.61 Å². The maximum absolute atomic E-state index is 13.5. The predicted octanol–water partition coefficient (Wildman–Crippen LogP) is 1.34. The molecule has 1 aromatic carbocycles. The minimum Gasteiger partial charge on any atom is -0.368 e. The van der Waals surface area contributed by atoms with E-state index >= 15 is 0 Å². The van der Waals surface area contributed by atoms with E-state index in [1.54, 1.807) is 6.92 Å². The zero-order valence-electron chi connectivity index (χ0n) is 9.59. The van der Waals surface area contributed by atoms with Crippen LogP contribution in [0.2, 0.25) is 0 Å². The summed E-state index contributed by atoms with van der Waals surface area (Å²) in [6.45, 7) is 2.72. The molecular formula is C11H14F2N2O2. The molecule has 0 saturated heterocycles. The zero-order valence-corrected chi connectivity index (χ0v) is 9.59. The molecule has 0 aromatic heterocycles. The largest absolute Gasteiger partial charge is 0.368 e. The van der Waals surface area contributed by atoms with Crippen LogP contribution < -0.4 is 11.2 Å². The van der Waals surface area contributed by atoms with Crippen LogP contribution in [-0.2, 0) is 9.63 Å². The summed E-state index contributed by atoms with van der Waals surface area (Å²) in [6, 6.07) is 1.61. The van der Waals surface area contributed by atoms with E-state index in [-0.39, 0.29) is 17.7 Å². The van der Waals surface area contributed by atoms with Crippen LogP contribution in [0.3, 0.4) is 0 Å². The second kappa shape index (κ2) is 5.70. The number of halogens is 2. The SMILES string of the molecule is Cc1cc(F)c(C(C)NOCC(N)=O)cc1F. The standard InChI is InChI=1S/C11H14F2N2O2/c1-6-3-10(13)8(4-9(6)12)7(2)15-17-5-11(14)16/h3-4,7,15H,5H2,1-2H3,(H2,14,16). The van der Waals surface area contributed by atoms with Crippen molar-refractivity contribution < 1.29 is 18.4 Å². The quantitative estimate of drug-likeness (QED) is 0.768. The number of hydrogen-bond acceptors (Lipinski definition) is 3. The summed E-state index contributed by atoms with van der Waals surface area (Å²) < 4.78 is 26.8. The third-order valence-electron chi connectivity index (χ3n) is 2.22. The van der Waals surface area contributed by atoms with Crippen LogP contribution in [-0.4, -0.2) is 12.5 Å². The Morgan fingerprint density at radius 2 is 2.12 bits per heavy atom. The van der Waals surface area contributed by atoms with Crippen LogP contribution in [0, 0.1) is 18.6 Å². The molecule has 1 amide bonds. The normalized spacial score (nSPS) is 12.5. The van der Waals surface area contributed by atoms with Crippen molar-refractivity contribution in [1.29, 1.82) is 0 Å². The van der Waals surface area contributed by atoms with E-state index in [2.05, 4.69) is 5.48 Å². The highest BCUT2D eigenvalue weighted by atomic mass is 19.1. The number of amides is 1. The van der Waals surface area contributed by atoms with E-state index in [1.807, 2.05) is 0 Å². The van der Waals surface area contributed by atoms with Gasteiger partial charge < -0.3 is 5.73 Å². The van der Waals surface area contributed by atoms with Gasteiger partial charge in [-0.05, 0) is 31.5 Å². The molecule has 0 aliphatic heterocycles. The second-order valence-corrected chi connectivity index (χ2v) is 3.72. The van der Waals surface area contributed by atoms with E-state index in [0.29, 0.717) is 0 Å². The highest BCUT2D eigenvalue weighted by Gasteiger charge is 2.14. The van der Waals surface area contributed by atoms with Crippen molar-refractivity contribution in [2.24, 2.45) is 5.73 Å². The lowest BCUT2D eigenvalue weighted by Crippen LogP contribution is -2.27. The van der Waals surface area contributed by atoms with Gasteiger partial charge in [-0.15, -0.1) is 0 Å². The molecule has 94 valence electrons. The first-order valence-corrected chi connectivity index (χ1v) is 5.03. The highest BCUT2D eigenvalue weighted by molar-refractivity contribution is 5.74. The van der Waals surface area contributed by atoms with Crippen LogP contribution >= 0.6 is 0 Å². The van der Waals surface area contributed by atoms with Crippen molar-refractivity contribution in [2.45, 2.75) is 19.9 Å². The van der Waals surface area contributed by atoms with Gasteiger partial charge >= 0.3 is 0 Å². The Morgan fingerprint density at radius 1 is 1.47 bits per heavy atom. The lowest BCUT2D eigenvalue weighted by atomic mass is 10.1. The van der Waals surface area contributed by atoms with Gasteiger partial charge in [0.1, 0.15) is 18.2 Å². The lowest BCUT2D eigenvalue weighted by molar-refractivity contribution is -0.126. The summed E-state index contributed by atoms with van der Waals surface area (Å²) in [4.78, 5) is 15.1. The Hall–Kier alpha value is -1.53. The van der Waals surface area contributed by atoms with Crippen LogP contribution in [0.25, 0.3) is 0 Å². The maximum Gasteiger partial charge on any atom is 0.245 e. The average Bonchev–Trinajstić information content (AvgIpc) is 2.22. The predicted molar refractivity (Wildman–Crippen MR) is 57.8 cm³/mol. The van der Waals surface area contributed by atoms with Gasteiger partial charge in [0.2, 0.25) is 5.91 Å². The van der Waals surface area contributed by atoms with Gasteiger partial charge in [0.15, 0.2) is 0 Å². The fourth-order valence-corrected chi connectivity index (χ4v) is 1.29. The number of primary amides is 1. The summed E-state index contributed by atoms with van der Waals surface area (Å²) in [6.07, 6.45) is 0. The molecule has 1 rings (SSSR count). The first-order chi connectivity index (χ1) is 7.91. The summed E-state index contributed by atoms with van der Waals surface area (Å²) in [7, 11) is 0. The summed E-state index contributed by atoms with van der Waals surface area (Å²) in [5, 5.41) is 0. The van der Waals surface area contributed by atoms with Crippen molar-refractivity contribution in [3.05, 3.63) is 34.9 Å². The van der Waals surface area contributed by atoms with Crippen LogP contribution in [0.5, 0.6) is 0 Å². The molecule has 0 radical (unpaired) electrons. The van der Waals surface area contributed by atoms with Gasteiger partial charge in [0.05, 0.1) is 6.04 Å². The molecule has 0 heterocycles. The molecule has 1 atom stereocenters. The number of carbonyl (C=O) groups is 1. The number of aryl methyl sites for hydroxylation is 1. The summed E-state index contributed by atoms with van der Waals surface area (Å²) in [5.41, 5.74) is 7.62. The molecular weight excluding hydrogens is 230 g/mol. The molecule has 0 aliphatic rings. The van der Waals surface area contributed by atoms with Gasteiger partial charge in [-0.25, -0.2) is 8.78 Å². The first kappa shape index (κ1) is 13.5. The number of nitrogens with two attached hydrogens (primary N) is 1. The highest BCUT2D eigenvalue weighted by Crippen LogP contribution is 2.20. The molecule has 4 nitrogen and oxygen atoms in total. The molecule has 0 bridgehead atoms. The molecule has 0 saturated carbocycles. The van der Waals surface area contributed by atoms with Gasteiger partial charge in [-0.2, -0.15) is 5.48 Å². The number of benzene rings is 1. The average molecular weight is 244 g/mol. The third kappa shape index (κ3) is 3.76. The Labute approximate surface area is 97.7 Å². The summed E-state index contributed by atoms with van der Waals surface area (Å²) >= 11 is 0. The van der Waals surface area contributed by atoms with Crippen LogP contribution in [0.4, 0.5) is 8.78 Å². The fourth-order valence-electron chi connectivity index (χ4n) is 1.29. The van der Waals surface area contributed by atoms with Gasteiger partial charge in [0, 0.05) is 5.56 Å². The van der Waals surface area contributed by atoms with E-state index in [1.165, 1.54) is 6.92 Å². The molecule has 3 N–H and O–H groups in total. The smallest absolute Gasteiger partial charge is 0.245 e. The molecule has 0 fully saturated rings. The van der Waals surface area contributed by atoms with Gasteiger partial charge in [-0.1, -0.05) is 0 Å². The van der Waals surface area contributed by atoms with Gasteiger partial charge in [0.25, 0.3) is 0 Å². The summed E-state index contributed by atoms with van der Waals surface area (Å²) in [5.74, 6) is -1.68. The Morgan fingerprint density at radius 3 is 2.71 bits per heavy atom. The van der Waals surface area contributed by atoms with Crippen LogP contribution in [0.1, 0.15) is 24.1 Å². The fraction of sp³-hybridized carbons (Fsp3) is 0.364. The van der Waals surface area contributed by atoms with Crippen molar-refractivity contribution in [3.8, 4) is 0 Å². The van der Waals surface area contributed by atoms with E-state index < -0.39 is 23.6 Å². The van der Waals surface area contributed by atoms with E-state index in [0.717, 1.165) is 12.1 Å². The molecule has 0 spiro atoms. The van der Waals surface area contributed by atoms with Crippen molar-refractivity contribution in [1.82, 2.24) is 5.48 Å². The topological polar surface area (TPSA) is 64.3 Å². The first-order valence-electron chi connectivity index (χ1n) is 5.03. The van der Waals surface area contributed by atoms with E-state index in [9.17, 15) is 13.6 Å². The Bertz CT molecular complexity index is 424.